The maximum Gasteiger partial charge on any atom is 0.299 e. The molecule has 4 N–H and O–H groups in total. The van der Waals surface area contributed by atoms with Gasteiger partial charge < -0.3 is 25.6 Å². The van der Waals surface area contributed by atoms with Crippen LogP contribution in [0.1, 0.15) is 23.0 Å². The van der Waals surface area contributed by atoms with E-state index >= 15 is 0 Å². The molecule has 0 aliphatic carbocycles. The lowest BCUT2D eigenvalue weighted by Crippen LogP contribution is -2.45. The maximum absolute atomic E-state index is 14.8. The third-order valence-electron chi connectivity index (χ3n) is 4.71. The first-order valence-electron chi connectivity index (χ1n) is 9.79. The molecule has 1 aromatic carbocycles. The zero-order chi connectivity index (χ0) is 26.2. The first kappa shape index (κ1) is 27.4. The van der Waals surface area contributed by atoms with E-state index in [2.05, 4.69) is 15.3 Å². The van der Waals surface area contributed by atoms with Crippen LogP contribution in [-0.4, -0.2) is 60.5 Å². The Morgan fingerprint density at radius 3 is 2.63 bits per heavy atom. The van der Waals surface area contributed by atoms with Crippen molar-refractivity contribution in [3.63, 3.8) is 0 Å². The number of hydrogen-bond acceptors (Lipinski definition) is 7. The third kappa shape index (κ3) is 6.85. The summed E-state index contributed by atoms with van der Waals surface area (Å²) >= 11 is 0. The average Bonchev–Trinajstić information content (AvgIpc) is 2.89. The van der Waals surface area contributed by atoms with E-state index in [0.29, 0.717) is 0 Å². The molecule has 1 amide bonds. The lowest BCUT2D eigenvalue weighted by molar-refractivity contribution is -0.122. The highest BCUT2D eigenvalue weighted by Gasteiger charge is 2.54. The molecular weight excluding hydrogens is 483 g/mol. The second kappa shape index (κ2) is 11.6. The molecule has 35 heavy (non-hydrogen) atoms. The summed E-state index contributed by atoms with van der Waals surface area (Å²) in [7, 11) is 0. The lowest BCUT2D eigenvalue weighted by atomic mass is 9.85. The van der Waals surface area contributed by atoms with Gasteiger partial charge in [-0.2, -0.15) is 0 Å². The standard InChI is InChI=1S/C20H19F5N4O3.CH2O2/c1-19(20(24,25)10-31-9-17(26)29-19)13-6-11(2-4-14(13)21)28-18(30)15-5-3-12(7-27-15)32-8-16(22)23;2-1-3/h2-7,16H,8-10H2,1H3,(H2,26,29)(H,28,30);1H,(H,2,3)/t19-;/m1./s1. The number of nitrogens with one attached hydrogen (secondary N) is 1. The van der Waals surface area contributed by atoms with Gasteiger partial charge >= 0.3 is 0 Å². The van der Waals surface area contributed by atoms with E-state index in [1.54, 1.807) is 0 Å². The predicted molar refractivity (Wildman–Crippen MR) is 114 cm³/mol. The number of carboxylic acid groups (broad SMARTS) is 1. The highest BCUT2D eigenvalue weighted by molar-refractivity contribution is 6.02. The van der Waals surface area contributed by atoms with Crippen LogP contribution in [0.25, 0.3) is 0 Å². The second-order valence-corrected chi connectivity index (χ2v) is 7.21. The molecule has 0 bridgehead atoms. The van der Waals surface area contributed by atoms with E-state index in [1.165, 1.54) is 18.2 Å². The molecule has 1 aromatic heterocycles. The highest BCUT2D eigenvalue weighted by atomic mass is 19.3. The number of nitrogens with zero attached hydrogens (tertiary/aromatic N) is 2. The molecule has 14 heteroatoms. The Bertz CT molecular complexity index is 1070. The first-order valence-corrected chi connectivity index (χ1v) is 9.79. The van der Waals surface area contributed by atoms with Crippen LogP contribution in [0, 0.1) is 5.82 Å². The van der Waals surface area contributed by atoms with Crippen LogP contribution in [-0.2, 0) is 15.1 Å². The van der Waals surface area contributed by atoms with Crippen LogP contribution < -0.4 is 15.8 Å². The Kier molecular flexibility index (Phi) is 9.05. The number of alkyl halides is 4. The van der Waals surface area contributed by atoms with Crippen LogP contribution >= 0.6 is 0 Å². The number of carbonyl (C=O) groups excluding carboxylic acids is 1. The summed E-state index contributed by atoms with van der Waals surface area (Å²) in [6, 6.07) is 5.62. The zero-order valence-electron chi connectivity index (χ0n) is 18.2. The minimum atomic E-state index is -3.59. The van der Waals surface area contributed by atoms with Gasteiger partial charge in [0.1, 0.15) is 42.9 Å². The van der Waals surface area contributed by atoms with Crippen molar-refractivity contribution < 1.29 is 46.1 Å². The van der Waals surface area contributed by atoms with Gasteiger partial charge in [0.15, 0.2) is 5.54 Å². The normalized spacial score (nSPS) is 19.0. The summed E-state index contributed by atoms with van der Waals surface area (Å²) in [6.45, 7) is -1.40. The molecule has 0 radical (unpaired) electrons. The van der Waals surface area contributed by atoms with Crippen molar-refractivity contribution in [3.05, 3.63) is 53.6 Å². The molecule has 0 saturated heterocycles. The topological polar surface area (TPSA) is 136 Å². The molecule has 2 heterocycles. The first-order chi connectivity index (χ1) is 16.4. The van der Waals surface area contributed by atoms with Crippen molar-refractivity contribution in [3.8, 4) is 5.75 Å². The van der Waals surface area contributed by atoms with Crippen molar-refractivity contribution in [1.82, 2.24) is 4.98 Å². The van der Waals surface area contributed by atoms with Gasteiger partial charge in [-0.3, -0.25) is 14.6 Å². The number of aliphatic imine (C=N–C) groups is 1. The Morgan fingerprint density at radius 1 is 1.34 bits per heavy atom. The van der Waals surface area contributed by atoms with Gasteiger partial charge in [0.2, 0.25) is 0 Å². The summed E-state index contributed by atoms with van der Waals surface area (Å²) in [5.74, 6) is -5.49. The fraction of sp³-hybridized carbons (Fsp3) is 0.333. The number of amides is 1. The van der Waals surface area contributed by atoms with Crippen LogP contribution in [0.4, 0.5) is 27.6 Å². The number of pyridine rings is 1. The minimum absolute atomic E-state index is 0.00203. The number of nitrogens with two attached hydrogens (primary N) is 1. The maximum atomic E-state index is 14.8. The quantitative estimate of drug-likeness (QED) is 0.406. The molecular formula is C21H21F5N4O5. The largest absolute Gasteiger partial charge is 0.486 e. The van der Waals surface area contributed by atoms with E-state index in [-0.39, 0.29) is 36.0 Å². The number of hydrogen-bond donors (Lipinski definition) is 3. The fourth-order valence-corrected chi connectivity index (χ4v) is 3.01. The van der Waals surface area contributed by atoms with Gasteiger partial charge in [-0.25, -0.2) is 26.9 Å². The summed E-state index contributed by atoms with van der Waals surface area (Å²) in [5, 5.41) is 9.31. The van der Waals surface area contributed by atoms with Crippen LogP contribution in [0.5, 0.6) is 5.75 Å². The van der Waals surface area contributed by atoms with Crippen LogP contribution in [0.3, 0.4) is 0 Å². The number of amidine groups is 1. The van der Waals surface area contributed by atoms with Crippen LogP contribution in [0.2, 0.25) is 0 Å². The molecule has 1 aliphatic rings. The fourth-order valence-electron chi connectivity index (χ4n) is 3.01. The number of anilines is 1. The second-order valence-electron chi connectivity index (χ2n) is 7.21. The highest BCUT2D eigenvalue weighted by Crippen LogP contribution is 2.44. The van der Waals surface area contributed by atoms with Gasteiger partial charge in [-0.1, -0.05) is 0 Å². The number of carbonyl (C=O) groups is 2. The van der Waals surface area contributed by atoms with E-state index in [4.69, 9.17) is 25.1 Å². The lowest BCUT2D eigenvalue weighted by Gasteiger charge is -2.33. The molecule has 1 atom stereocenters. The predicted octanol–water partition coefficient (Wildman–Crippen LogP) is 3.06. The average molecular weight is 504 g/mol. The van der Waals surface area contributed by atoms with Gasteiger partial charge in [0.25, 0.3) is 24.7 Å². The number of rotatable bonds is 6. The minimum Gasteiger partial charge on any atom is -0.486 e. The Morgan fingerprint density at radius 2 is 2.03 bits per heavy atom. The Labute approximate surface area is 195 Å². The van der Waals surface area contributed by atoms with E-state index in [9.17, 15) is 26.7 Å². The molecule has 3 rings (SSSR count). The van der Waals surface area contributed by atoms with Gasteiger partial charge in [-0.15, -0.1) is 0 Å². The molecule has 9 nitrogen and oxygen atoms in total. The Balaban J connectivity index is 0.00000137. The molecule has 190 valence electrons. The summed E-state index contributed by atoms with van der Waals surface area (Å²) < 4.78 is 78.0. The Hall–Kier alpha value is -3.81. The smallest absolute Gasteiger partial charge is 0.299 e. The van der Waals surface area contributed by atoms with E-state index in [1.807, 2.05) is 0 Å². The summed E-state index contributed by atoms with van der Waals surface area (Å²) in [5.41, 5.74) is 2.63. The SMILES string of the molecule is C[C@]1(c2cc(NC(=O)c3ccc(OCC(F)F)cn3)ccc2F)N=C(N)COCC1(F)F.O=CO. The van der Waals surface area contributed by atoms with E-state index < -0.39 is 48.4 Å². The van der Waals surface area contributed by atoms with Crippen molar-refractivity contribution in [2.75, 3.05) is 25.1 Å². The summed E-state index contributed by atoms with van der Waals surface area (Å²) in [6.07, 6.45) is -1.59. The number of aromatic nitrogens is 1. The van der Waals surface area contributed by atoms with Gasteiger partial charge in [0, 0.05) is 11.3 Å². The van der Waals surface area contributed by atoms with Crippen molar-refractivity contribution >= 4 is 23.9 Å². The molecule has 0 unspecified atom stereocenters. The number of ether oxygens (including phenoxy) is 2. The van der Waals surface area contributed by atoms with Crippen molar-refractivity contribution in [2.45, 2.75) is 24.8 Å². The number of halogens is 5. The molecule has 0 spiro atoms. The van der Waals surface area contributed by atoms with Gasteiger partial charge in [-0.05, 0) is 37.3 Å². The molecule has 0 fully saturated rings. The van der Waals surface area contributed by atoms with Crippen molar-refractivity contribution in [2.24, 2.45) is 10.7 Å². The van der Waals surface area contributed by atoms with Gasteiger partial charge in [0.05, 0.1) is 6.20 Å². The summed E-state index contributed by atoms with van der Waals surface area (Å²) in [4.78, 5) is 28.4. The monoisotopic (exact) mass is 504 g/mol. The van der Waals surface area contributed by atoms with Crippen molar-refractivity contribution in [1.29, 1.82) is 0 Å². The molecule has 0 saturated carbocycles. The van der Waals surface area contributed by atoms with Crippen LogP contribution in [0.15, 0.2) is 41.5 Å². The zero-order valence-corrected chi connectivity index (χ0v) is 18.2. The molecule has 1 aliphatic heterocycles. The van der Waals surface area contributed by atoms with E-state index in [0.717, 1.165) is 25.3 Å². The third-order valence-corrected chi connectivity index (χ3v) is 4.71. The molecule has 2 aromatic rings. The number of benzene rings is 1.